The Balaban J connectivity index is 1.45. The van der Waals surface area contributed by atoms with Crippen molar-refractivity contribution < 1.29 is 9.59 Å². The van der Waals surface area contributed by atoms with Gasteiger partial charge in [-0.2, -0.15) is 11.3 Å². The van der Waals surface area contributed by atoms with E-state index in [1.807, 2.05) is 56.6 Å². The number of thiophene rings is 1. The van der Waals surface area contributed by atoms with Gasteiger partial charge in [0.05, 0.1) is 11.1 Å². The van der Waals surface area contributed by atoms with E-state index in [1.54, 1.807) is 11.3 Å². The van der Waals surface area contributed by atoms with Crippen molar-refractivity contribution >= 4 is 28.8 Å². The van der Waals surface area contributed by atoms with Gasteiger partial charge in [0, 0.05) is 38.3 Å². The number of anilines is 1. The largest absolute Gasteiger partial charge is 0.347 e. The van der Waals surface area contributed by atoms with Crippen LogP contribution in [-0.2, 0) is 11.8 Å². The number of likely N-dealkylation sites (tertiary alicyclic amines) is 1. The van der Waals surface area contributed by atoms with Crippen molar-refractivity contribution in [1.82, 2.24) is 9.47 Å². The third-order valence-electron chi connectivity index (χ3n) is 5.50. The molecule has 2 amide bonds. The number of rotatable bonds is 2. The Kier molecular flexibility index (Phi) is 3.72. The number of nitrogens with zero attached hydrogens (tertiary/aromatic N) is 3. The molecule has 0 N–H and O–H groups in total. The summed E-state index contributed by atoms with van der Waals surface area (Å²) >= 11 is 1.62. The van der Waals surface area contributed by atoms with Crippen LogP contribution in [0.4, 0.5) is 5.69 Å². The molecular weight excluding hydrogens is 322 g/mol. The second-order valence-electron chi connectivity index (χ2n) is 6.77. The maximum atomic E-state index is 13.0. The van der Waals surface area contributed by atoms with Crippen molar-refractivity contribution in [1.29, 1.82) is 0 Å². The molecule has 1 spiro atoms. The number of carbonyl (C=O) groups excluding carboxylic acids is 2. The van der Waals surface area contributed by atoms with Crippen LogP contribution < -0.4 is 4.90 Å². The Labute approximate surface area is 145 Å². The second-order valence-corrected chi connectivity index (χ2v) is 7.55. The number of amides is 2. The molecule has 126 valence electrons. The zero-order valence-corrected chi connectivity index (χ0v) is 14.6. The number of hydrogen-bond donors (Lipinski definition) is 0. The van der Waals surface area contributed by atoms with Crippen molar-refractivity contribution in [3.63, 3.8) is 0 Å². The molecule has 5 nitrogen and oxygen atoms in total. The molecule has 2 aromatic rings. The minimum absolute atomic E-state index is 0.0671. The molecule has 0 radical (unpaired) electrons. The van der Waals surface area contributed by atoms with Crippen molar-refractivity contribution in [2.75, 3.05) is 24.5 Å². The summed E-state index contributed by atoms with van der Waals surface area (Å²) in [7, 11) is 1.89. The maximum absolute atomic E-state index is 13.0. The average molecular weight is 343 g/mol. The van der Waals surface area contributed by atoms with Gasteiger partial charge in [0.1, 0.15) is 5.69 Å². The third-order valence-corrected chi connectivity index (χ3v) is 6.17. The highest BCUT2D eigenvalue weighted by molar-refractivity contribution is 7.08. The Morgan fingerprint density at radius 2 is 1.92 bits per heavy atom. The maximum Gasteiger partial charge on any atom is 0.270 e. The summed E-state index contributed by atoms with van der Waals surface area (Å²) < 4.78 is 1.85. The molecule has 6 heteroatoms. The molecule has 2 aliphatic heterocycles. The van der Waals surface area contributed by atoms with E-state index in [4.69, 9.17) is 0 Å². The van der Waals surface area contributed by atoms with Gasteiger partial charge in [0.2, 0.25) is 5.91 Å². The molecule has 0 atom stereocenters. The highest BCUT2D eigenvalue weighted by Gasteiger charge is 2.49. The van der Waals surface area contributed by atoms with Crippen molar-refractivity contribution in [2.24, 2.45) is 12.5 Å². The first-order chi connectivity index (χ1) is 11.6. The predicted molar refractivity (Wildman–Crippen MR) is 94.3 cm³/mol. The summed E-state index contributed by atoms with van der Waals surface area (Å²) in [5.41, 5.74) is 1.46. The van der Waals surface area contributed by atoms with Crippen LogP contribution in [0.2, 0.25) is 0 Å². The molecule has 4 heterocycles. The van der Waals surface area contributed by atoms with Gasteiger partial charge in [-0.05, 0) is 42.8 Å². The monoisotopic (exact) mass is 343 g/mol. The number of aryl methyl sites for hydroxylation is 1. The van der Waals surface area contributed by atoms with E-state index < -0.39 is 0 Å². The zero-order chi connectivity index (χ0) is 16.7. The summed E-state index contributed by atoms with van der Waals surface area (Å²) in [4.78, 5) is 29.4. The molecule has 4 rings (SSSR count). The van der Waals surface area contributed by atoms with Gasteiger partial charge in [0.25, 0.3) is 5.91 Å². The van der Waals surface area contributed by atoms with E-state index in [1.165, 1.54) is 0 Å². The topological polar surface area (TPSA) is 45.6 Å². The third kappa shape index (κ3) is 2.36. The molecule has 2 aromatic heterocycles. The number of carbonyl (C=O) groups is 2. The second kappa shape index (κ2) is 5.77. The minimum Gasteiger partial charge on any atom is -0.347 e. The molecule has 2 aliphatic rings. The normalized spacial score (nSPS) is 20.1. The Morgan fingerprint density at radius 1 is 1.17 bits per heavy atom. The zero-order valence-electron chi connectivity index (χ0n) is 13.8. The first kappa shape index (κ1) is 15.4. The smallest absolute Gasteiger partial charge is 0.270 e. The number of hydrogen-bond acceptors (Lipinski definition) is 3. The number of piperidine rings is 1. The van der Waals surface area contributed by atoms with Crippen LogP contribution in [0.15, 0.2) is 35.2 Å². The van der Waals surface area contributed by atoms with Crippen molar-refractivity contribution in [2.45, 2.75) is 19.3 Å². The van der Waals surface area contributed by atoms with E-state index in [2.05, 4.69) is 0 Å². The van der Waals surface area contributed by atoms with Gasteiger partial charge in [-0.25, -0.2) is 0 Å². The standard InChI is InChI=1S/C18H21N3O2S/c1-19-8-2-3-15(19)16(22)20-9-5-18(6-10-20)7-11-21(17(18)23)14-4-12-24-13-14/h2-4,8,12-13H,5-7,9-11H2,1H3. The predicted octanol–water partition coefficient (Wildman–Crippen LogP) is 2.75. The first-order valence-electron chi connectivity index (χ1n) is 8.35. The lowest BCUT2D eigenvalue weighted by Crippen LogP contribution is -2.47. The van der Waals surface area contributed by atoms with Gasteiger partial charge in [-0.15, -0.1) is 0 Å². The summed E-state index contributed by atoms with van der Waals surface area (Å²) in [5, 5.41) is 4.04. The Hall–Kier alpha value is -2.08. The van der Waals surface area contributed by atoms with Crippen molar-refractivity contribution in [3.8, 4) is 0 Å². The van der Waals surface area contributed by atoms with Gasteiger partial charge in [-0.3, -0.25) is 9.59 Å². The molecule has 24 heavy (non-hydrogen) atoms. The van der Waals surface area contributed by atoms with Crippen LogP contribution in [0.25, 0.3) is 0 Å². The quantitative estimate of drug-likeness (QED) is 0.842. The van der Waals surface area contributed by atoms with Crippen LogP contribution in [0.5, 0.6) is 0 Å². The fourth-order valence-corrected chi connectivity index (χ4v) is 4.57. The average Bonchev–Trinajstić information content (AvgIpc) is 3.31. The summed E-state index contributed by atoms with van der Waals surface area (Å²) in [6.45, 7) is 2.11. The lowest BCUT2D eigenvalue weighted by molar-refractivity contribution is -0.127. The SMILES string of the molecule is Cn1cccc1C(=O)N1CCC2(CC1)CCN(c1ccsc1)C2=O. The van der Waals surface area contributed by atoms with Gasteiger partial charge in [0.15, 0.2) is 0 Å². The van der Waals surface area contributed by atoms with Crippen molar-refractivity contribution in [3.05, 3.63) is 40.8 Å². The van der Waals surface area contributed by atoms with E-state index in [9.17, 15) is 9.59 Å². The molecule has 0 saturated carbocycles. The first-order valence-corrected chi connectivity index (χ1v) is 9.30. The summed E-state index contributed by atoms with van der Waals surface area (Å²) in [5.74, 6) is 0.310. The van der Waals surface area contributed by atoms with Gasteiger partial charge >= 0.3 is 0 Å². The molecule has 0 bridgehead atoms. The van der Waals surface area contributed by atoms with E-state index in [0.29, 0.717) is 18.8 Å². The lowest BCUT2D eigenvalue weighted by Gasteiger charge is -2.37. The van der Waals surface area contributed by atoms with Gasteiger partial charge < -0.3 is 14.4 Å². The molecule has 2 fully saturated rings. The van der Waals surface area contributed by atoms with Crippen LogP contribution >= 0.6 is 11.3 Å². The van der Waals surface area contributed by atoms with E-state index in [-0.39, 0.29) is 17.2 Å². The highest BCUT2D eigenvalue weighted by atomic mass is 32.1. The molecular formula is C18H21N3O2S. The number of aromatic nitrogens is 1. The molecule has 0 unspecified atom stereocenters. The lowest BCUT2D eigenvalue weighted by atomic mass is 9.77. The van der Waals surface area contributed by atoms with Gasteiger partial charge in [-0.1, -0.05) is 0 Å². The van der Waals surface area contributed by atoms with Crippen LogP contribution in [0.1, 0.15) is 29.8 Å². The fourth-order valence-electron chi connectivity index (χ4n) is 3.92. The summed E-state index contributed by atoms with van der Waals surface area (Å²) in [6.07, 6.45) is 4.32. The van der Waals surface area contributed by atoms with E-state index in [0.717, 1.165) is 31.5 Å². The molecule has 0 aliphatic carbocycles. The molecule has 2 saturated heterocycles. The van der Waals surface area contributed by atoms with Crippen LogP contribution in [0.3, 0.4) is 0 Å². The van der Waals surface area contributed by atoms with Crippen LogP contribution in [-0.4, -0.2) is 40.9 Å². The summed E-state index contributed by atoms with van der Waals surface area (Å²) in [6, 6.07) is 5.75. The Bertz CT molecular complexity index is 757. The minimum atomic E-state index is -0.271. The van der Waals surface area contributed by atoms with Crippen LogP contribution in [0, 0.1) is 5.41 Å². The fraction of sp³-hybridized carbons (Fsp3) is 0.444. The Morgan fingerprint density at radius 3 is 2.54 bits per heavy atom. The highest BCUT2D eigenvalue weighted by Crippen LogP contribution is 2.43. The van der Waals surface area contributed by atoms with E-state index >= 15 is 0 Å². The molecule has 0 aromatic carbocycles.